The minimum atomic E-state index is -0.691. The molecule has 0 amide bonds. The zero-order valence-corrected chi connectivity index (χ0v) is 11.7. The zero-order chi connectivity index (χ0) is 15.6. The lowest BCUT2D eigenvalue weighted by Crippen LogP contribution is -2.25. The fourth-order valence-corrected chi connectivity index (χ4v) is 1.99. The summed E-state index contributed by atoms with van der Waals surface area (Å²) in [7, 11) is 0. The number of carbonyl (C=O) groups is 1. The molecule has 9 heteroatoms. The van der Waals surface area contributed by atoms with Crippen LogP contribution in [-0.4, -0.2) is 27.1 Å². The molecule has 2 aromatic rings. The predicted molar refractivity (Wildman–Crippen MR) is 74.3 cm³/mol. The third-order valence-corrected chi connectivity index (χ3v) is 3.00. The molecular formula is C12H10ClN3O5. The molecule has 110 valence electrons. The average Bonchev–Trinajstić information content (AvgIpc) is 2.41. The smallest absolute Gasteiger partial charge is 0.326 e. The molecule has 1 aromatic carbocycles. The Hall–Kier alpha value is -2.48. The fraction of sp³-hybridized carbons (Fsp3) is 0.250. The molecule has 2 rings (SSSR count). The van der Waals surface area contributed by atoms with Crippen molar-refractivity contribution in [3.05, 3.63) is 44.0 Å². The van der Waals surface area contributed by atoms with Crippen molar-refractivity contribution in [1.82, 2.24) is 9.55 Å². The maximum Gasteiger partial charge on any atom is 0.326 e. The van der Waals surface area contributed by atoms with Gasteiger partial charge in [-0.05, 0) is 13.0 Å². The van der Waals surface area contributed by atoms with Gasteiger partial charge in [-0.2, -0.15) is 0 Å². The van der Waals surface area contributed by atoms with Gasteiger partial charge in [0.05, 0.1) is 28.8 Å². The van der Waals surface area contributed by atoms with E-state index in [4.69, 9.17) is 16.3 Å². The maximum absolute atomic E-state index is 12.2. The molecule has 1 heterocycles. The Labute approximate surface area is 123 Å². The summed E-state index contributed by atoms with van der Waals surface area (Å²) in [5.74, 6) is -0.593. The lowest BCUT2D eigenvalue weighted by molar-refractivity contribution is -0.384. The van der Waals surface area contributed by atoms with Crippen molar-refractivity contribution in [3.63, 3.8) is 0 Å². The summed E-state index contributed by atoms with van der Waals surface area (Å²) in [5, 5.41) is 10.7. The van der Waals surface area contributed by atoms with Crippen LogP contribution >= 0.6 is 11.6 Å². The molecule has 0 fully saturated rings. The van der Waals surface area contributed by atoms with Crippen molar-refractivity contribution < 1.29 is 14.5 Å². The van der Waals surface area contributed by atoms with Crippen LogP contribution in [0, 0.1) is 10.1 Å². The number of benzene rings is 1. The van der Waals surface area contributed by atoms with Crippen LogP contribution in [0.4, 0.5) is 5.69 Å². The van der Waals surface area contributed by atoms with Gasteiger partial charge in [-0.25, -0.2) is 4.98 Å². The molecule has 0 saturated carbocycles. The number of rotatable bonds is 4. The highest BCUT2D eigenvalue weighted by molar-refractivity contribution is 6.33. The molecule has 0 aliphatic heterocycles. The minimum Gasteiger partial charge on any atom is -0.465 e. The van der Waals surface area contributed by atoms with E-state index >= 15 is 0 Å². The average molecular weight is 312 g/mol. The molecule has 0 aliphatic carbocycles. The van der Waals surface area contributed by atoms with E-state index in [2.05, 4.69) is 4.98 Å². The van der Waals surface area contributed by atoms with Crippen molar-refractivity contribution >= 4 is 34.2 Å². The number of nitrogens with zero attached hydrogens (tertiary/aromatic N) is 3. The number of hydrogen-bond acceptors (Lipinski definition) is 6. The predicted octanol–water partition coefficient (Wildman–Crippen LogP) is 1.52. The van der Waals surface area contributed by atoms with Crippen molar-refractivity contribution in [1.29, 1.82) is 0 Å². The van der Waals surface area contributed by atoms with E-state index in [0.717, 1.165) is 10.6 Å². The van der Waals surface area contributed by atoms with Crippen LogP contribution in [0.3, 0.4) is 0 Å². The van der Waals surface area contributed by atoms with Gasteiger partial charge >= 0.3 is 5.97 Å². The second-order valence-electron chi connectivity index (χ2n) is 4.06. The first-order valence-corrected chi connectivity index (χ1v) is 6.30. The summed E-state index contributed by atoms with van der Waals surface area (Å²) in [5.41, 5.74) is -0.750. The SMILES string of the molecule is CCOC(=O)Cn1cnc2cc(Cl)c([N+](=O)[O-])cc2c1=O. The maximum atomic E-state index is 12.2. The molecule has 8 nitrogen and oxygen atoms in total. The van der Waals surface area contributed by atoms with E-state index in [1.807, 2.05) is 0 Å². The highest BCUT2D eigenvalue weighted by Gasteiger charge is 2.17. The van der Waals surface area contributed by atoms with Gasteiger partial charge in [-0.1, -0.05) is 11.6 Å². The van der Waals surface area contributed by atoms with Crippen molar-refractivity contribution in [2.75, 3.05) is 6.61 Å². The molecule has 0 unspecified atom stereocenters. The van der Waals surface area contributed by atoms with Gasteiger partial charge in [0.15, 0.2) is 0 Å². The Balaban J connectivity index is 2.55. The largest absolute Gasteiger partial charge is 0.465 e. The zero-order valence-electron chi connectivity index (χ0n) is 10.9. The molecule has 0 aliphatic rings. The first-order valence-electron chi connectivity index (χ1n) is 5.92. The number of esters is 1. The van der Waals surface area contributed by atoms with Crippen LogP contribution in [0.2, 0.25) is 5.02 Å². The van der Waals surface area contributed by atoms with E-state index in [0.29, 0.717) is 0 Å². The number of ether oxygens (including phenoxy) is 1. The molecular weight excluding hydrogens is 302 g/mol. The third kappa shape index (κ3) is 3.00. The summed E-state index contributed by atoms with van der Waals surface area (Å²) >= 11 is 5.75. The van der Waals surface area contributed by atoms with Crippen LogP contribution in [0.15, 0.2) is 23.3 Å². The monoisotopic (exact) mass is 311 g/mol. The van der Waals surface area contributed by atoms with Gasteiger partial charge in [0, 0.05) is 6.07 Å². The molecule has 1 aromatic heterocycles. The molecule has 0 atom stereocenters. The minimum absolute atomic E-state index is 0.0119. The molecule has 0 spiro atoms. The molecule has 21 heavy (non-hydrogen) atoms. The summed E-state index contributed by atoms with van der Waals surface area (Å²) in [6.45, 7) is 1.52. The Morgan fingerprint density at radius 2 is 2.24 bits per heavy atom. The normalized spacial score (nSPS) is 10.6. The van der Waals surface area contributed by atoms with Crippen LogP contribution in [0.1, 0.15) is 6.92 Å². The Bertz CT molecular complexity index is 786. The van der Waals surface area contributed by atoms with E-state index in [1.54, 1.807) is 6.92 Å². The van der Waals surface area contributed by atoms with Crippen LogP contribution < -0.4 is 5.56 Å². The van der Waals surface area contributed by atoms with Crippen LogP contribution in [0.25, 0.3) is 10.9 Å². The van der Waals surface area contributed by atoms with Crippen molar-refractivity contribution in [2.24, 2.45) is 0 Å². The van der Waals surface area contributed by atoms with Crippen molar-refractivity contribution in [3.8, 4) is 0 Å². The van der Waals surface area contributed by atoms with E-state index < -0.39 is 22.1 Å². The Morgan fingerprint density at radius 1 is 1.52 bits per heavy atom. The second-order valence-corrected chi connectivity index (χ2v) is 4.47. The number of nitro benzene ring substituents is 1. The van der Waals surface area contributed by atoms with Gasteiger partial charge in [0.1, 0.15) is 11.6 Å². The summed E-state index contributed by atoms with van der Waals surface area (Å²) < 4.78 is 5.76. The Morgan fingerprint density at radius 3 is 2.86 bits per heavy atom. The summed E-state index contributed by atoms with van der Waals surface area (Å²) in [6, 6.07) is 2.29. The molecule has 0 saturated heterocycles. The fourth-order valence-electron chi connectivity index (χ4n) is 1.77. The third-order valence-electron chi connectivity index (χ3n) is 2.69. The van der Waals surface area contributed by atoms with E-state index in [1.165, 1.54) is 12.4 Å². The first kappa shape index (κ1) is 14.9. The molecule has 0 bridgehead atoms. The van der Waals surface area contributed by atoms with Gasteiger partial charge in [-0.15, -0.1) is 0 Å². The quantitative estimate of drug-likeness (QED) is 0.481. The van der Waals surface area contributed by atoms with E-state index in [9.17, 15) is 19.7 Å². The molecule has 0 N–H and O–H groups in total. The summed E-state index contributed by atoms with van der Waals surface area (Å²) in [4.78, 5) is 37.7. The van der Waals surface area contributed by atoms with Crippen LogP contribution in [-0.2, 0) is 16.1 Å². The Kier molecular flexibility index (Phi) is 4.18. The number of aromatic nitrogens is 2. The van der Waals surface area contributed by atoms with E-state index in [-0.39, 0.29) is 29.1 Å². The summed E-state index contributed by atoms with van der Waals surface area (Å²) in [6.07, 6.45) is 1.17. The lowest BCUT2D eigenvalue weighted by Gasteiger charge is -2.06. The highest BCUT2D eigenvalue weighted by atomic mass is 35.5. The second kappa shape index (κ2) is 5.88. The van der Waals surface area contributed by atoms with Crippen molar-refractivity contribution in [2.45, 2.75) is 13.5 Å². The number of nitro groups is 1. The van der Waals surface area contributed by atoms with Gasteiger partial charge < -0.3 is 4.74 Å². The topological polar surface area (TPSA) is 104 Å². The number of halogens is 1. The first-order chi connectivity index (χ1) is 9.93. The standard InChI is InChI=1S/C12H10ClN3O5/c1-2-21-11(17)5-15-6-14-9-4-8(13)10(16(19)20)3-7(9)12(15)18/h3-4,6H,2,5H2,1H3. The van der Waals surface area contributed by atoms with Gasteiger partial charge in [0.25, 0.3) is 11.2 Å². The molecule has 0 radical (unpaired) electrons. The number of fused-ring (bicyclic) bond motifs is 1. The number of hydrogen-bond donors (Lipinski definition) is 0. The van der Waals surface area contributed by atoms with Crippen LogP contribution in [0.5, 0.6) is 0 Å². The highest BCUT2D eigenvalue weighted by Crippen LogP contribution is 2.27. The van der Waals surface area contributed by atoms with Gasteiger partial charge in [-0.3, -0.25) is 24.3 Å². The number of carbonyl (C=O) groups excluding carboxylic acids is 1. The lowest BCUT2D eigenvalue weighted by atomic mass is 10.2. The van der Waals surface area contributed by atoms with Gasteiger partial charge in [0.2, 0.25) is 0 Å².